The highest BCUT2D eigenvalue weighted by atomic mass is 19.1. The Bertz CT molecular complexity index is 1540. The number of anilines is 3. The second-order valence-corrected chi connectivity index (χ2v) is 10.5. The number of piperazine rings is 1. The van der Waals surface area contributed by atoms with E-state index in [2.05, 4.69) is 41.5 Å². The Morgan fingerprint density at radius 3 is 2.70 bits per heavy atom. The van der Waals surface area contributed by atoms with Crippen LogP contribution in [0.25, 0.3) is 10.9 Å². The molecule has 0 radical (unpaired) electrons. The van der Waals surface area contributed by atoms with Gasteiger partial charge in [-0.05, 0) is 44.9 Å². The number of hydrogen-bond donors (Lipinski definition) is 2. The zero-order valence-electron chi connectivity index (χ0n) is 22.4. The van der Waals surface area contributed by atoms with Crippen LogP contribution in [-0.2, 0) is 6.54 Å². The lowest BCUT2D eigenvalue weighted by Gasteiger charge is -2.37. The van der Waals surface area contributed by atoms with Crippen molar-refractivity contribution in [2.24, 2.45) is 5.92 Å². The number of amides is 3. The van der Waals surface area contributed by atoms with E-state index in [1.165, 1.54) is 11.2 Å². The van der Waals surface area contributed by atoms with Crippen LogP contribution in [0.4, 0.5) is 26.4 Å². The van der Waals surface area contributed by atoms with Crippen LogP contribution in [0.5, 0.6) is 0 Å². The SMILES string of the molecule is CCN1C(=O)Nc2c(F)c(CN3CCN(c4ccc(C(=O)N[C@H]5C[C@H](C#N)C5)nc4C)CC3)cc3ncnc1c23. The lowest BCUT2D eigenvalue weighted by molar-refractivity contribution is 0.0899. The number of hydrogen-bond acceptors (Lipinski definition) is 8. The molecule has 2 fully saturated rings. The number of nitriles is 1. The number of benzene rings is 1. The lowest BCUT2D eigenvalue weighted by Crippen LogP contribution is -2.46. The molecule has 1 saturated heterocycles. The third-order valence-electron chi connectivity index (χ3n) is 8.02. The number of urea groups is 1. The number of pyridine rings is 1. The van der Waals surface area contributed by atoms with E-state index in [4.69, 9.17) is 5.26 Å². The molecule has 0 bridgehead atoms. The molecule has 0 unspecified atom stereocenters. The number of carbonyl (C=O) groups excluding carboxylic acids is 2. The van der Waals surface area contributed by atoms with Gasteiger partial charge in [-0.1, -0.05) is 0 Å². The molecule has 1 aliphatic carbocycles. The van der Waals surface area contributed by atoms with E-state index >= 15 is 4.39 Å². The van der Waals surface area contributed by atoms with E-state index < -0.39 is 11.8 Å². The summed E-state index contributed by atoms with van der Waals surface area (Å²) < 4.78 is 15.6. The van der Waals surface area contributed by atoms with Crippen LogP contribution in [0.1, 0.15) is 41.5 Å². The van der Waals surface area contributed by atoms with Crippen LogP contribution in [-0.4, -0.2) is 70.6 Å². The fourth-order valence-corrected chi connectivity index (χ4v) is 5.74. The fourth-order valence-electron chi connectivity index (χ4n) is 5.74. The largest absolute Gasteiger partial charge is 0.368 e. The van der Waals surface area contributed by atoms with E-state index in [1.807, 2.05) is 19.9 Å². The topological polar surface area (TPSA) is 130 Å². The normalized spacial score (nSPS) is 20.6. The second kappa shape index (κ2) is 10.3. The zero-order valence-corrected chi connectivity index (χ0v) is 22.4. The van der Waals surface area contributed by atoms with Crippen LogP contribution < -0.4 is 20.4 Å². The third kappa shape index (κ3) is 4.56. The van der Waals surface area contributed by atoms with Crippen molar-refractivity contribution in [1.29, 1.82) is 5.26 Å². The predicted molar refractivity (Wildman–Crippen MR) is 148 cm³/mol. The summed E-state index contributed by atoms with van der Waals surface area (Å²) in [5.74, 6) is -0.211. The highest BCUT2D eigenvalue weighted by Crippen LogP contribution is 2.38. The number of nitrogens with one attached hydrogen (secondary N) is 2. The van der Waals surface area contributed by atoms with Crippen molar-refractivity contribution in [3.05, 3.63) is 47.3 Å². The number of carbonyl (C=O) groups is 2. The van der Waals surface area contributed by atoms with Crippen molar-refractivity contribution < 1.29 is 14.0 Å². The predicted octanol–water partition coefficient (Wildman–Crippen LogP) is 3.20. The molecule has 3 aromatic rings. The Kier molecular flexibility index (Phi) is 6.67. The molecular formula is C28H30FN9O2. The molecule has 2 aliphatic heterocycles. The molecule has 0 atom stereocenters. The average molecular weight is 544 g/mol. The maximum atomic E-state index is 15.6. The molecule has 3 aliphatic rings. The molecule has 1 aromatic carbocycles. The minimum absolute atomic E-state index is 0.0288. The van der Waals surface area contributed by atoms with Gasteiger partial charge in [0.1, 0.15) is 17.8 Å². The first-order valence-electron chi connectivity index (χ1n) is 13.6. The number of rotatable bonds is 6. The van der Waals surface area contributed by atoms with Crippen molar-refractivity contribution in [2.75, 3.05) is 47.8 Å². The van der Waals surface area contributed by atoms with Crippen LogP contribution in [0, 0.1) is 30.0 Å². The summed E-state index contributed by atoms with van der Waals surface area (Å²) in [4.78, 5) is 44.2. The highest BCUT2D eigenvalue weighted by molar-refractivity contribution is 6.17. The van der Waals surface area contributed by atoms with E-state index in [-0.39, 0.29) is 23.6 Å². The van der Waals surface area contributed by atoms with E-state index in [1.54, 1.807) is 12.1 Å². The molecule has 6 rings (SSSR count). The summed E-state index contributed by atoms with van der Waals surface area (Å²) in [7, 11) is 0. The van der Waals surface area contributed by atoms with Crippen LogP contribution in [0.15, 0.2) is 24.5 Å². The first-order valence-corrected chi connectivity index (χ1v) is 13.6. The van der Waals surface area contributed by atoms with Gasteiger partial charge in [0.05, 0.1) is 40.0 Å². The number of aromatic nitrogens is 3. The Labute approximate surface area is 231 Å². The lowest BCUT2D eigenvalue weighted by atomic mass is 9.81. The maximum Gasteiger partial charge on any atom is 0.327 e. The van der Waals surface area contributed by atoms with Gasteiger partial charge in [0.25, 0.3) is 5.91 Å². The molecule has 0 spiro atoms. The van der Waals surface area contributed by atoms with Crippen LogP contribution in [0.3, 0.4) is 0 Å². The van der Waals surface area contributed by atoms with Gasteiger partial charge in [-0.3, -0.25) is 14.6 Å². The molecule has 206 valence electrons. The van der Waals surface area contributed by atoms with Crippen LogP contribution >= 0.6 is 0 Å². The van der Waals surface area contributed by atoms with E-state index in [9.17, 15) is 9.59 Å². The van der Waals surface area contributed by atoms with E-state index in [0.717, 1.165) is 24.5 Å². The first kappa shape index (κ1) is 25.9. The molecular weight excluding hydrogens is 513 g/mol. The zero-order chi connectivity index (χ0) is 28.0. The Morgan fingerprint density at radius 1 is 1.23 bits per heavy atom. The van der Waals surface area contributed by atoms with Gasteiger partial charge in [0.2, 0.25) is 0 Å². The minimum Gasteiger partial charge on any atom is -0.368 e. The van der Waals surface area contributed by atoms with Gasteiger partial charge >= 0.3 is 6.03 Å². The molecule has 3 amide bonds. The quantitative estimate of drug-likeness (QED) is 0.485. The van der Waals surface area contributed by atoms with Crippen molar-refractivity contribution in [3.63, 3.8) is 0 Å². The van der Waals surface area contributed by atoms with Gasteiger partial charge in [-0.25, -0.2) is 24.1 Å². The third-order valence-corrected chi connectivity index (χ3v) is 8.02. The summed E-state index contributed by atoms with van der Waals surface area (Å²) in [5, 5.41) is 15.1. The Balaban J connectivity index is 1.12. The van der Waals surface area contributed by atoms with Gasteiger partial charge in [-0.15, -0.1) is 0 Å². The van der Waals surface area contributed by atoms with Crippen molar-refractivity contribution in [1.82, 2.24) is 25.2 Å². The summed E-state index contributed by atoms with van der Waals surface area (Å²) >= 11 is 0. The second-order valence-electron chi connectivity index (χ2n) is 10.5. The summed E-state index contributed by atoms with van der Waals surface area (Å²) in [6.45, 7) is 7.41. The summed E-state index contributed by atoms with van der Waals surface area (Å²) in [5.41, 5.74) is 3.34. The summed E-state index contributed by atoms with van der Waals surface area (Å²) in [6.07, 6.45) is 2.79. The first-order chi connectivity index (χ1) is 19.4. The van der Waals surface area contributed by atoms with Gasteiger partial charge < -0.3 is 15.5 Å². The molecule has 4 heterocycles. The molecule has 2 aromatic heterocycles. The van der Waals surface area contributed by atoms with Gasteiger partial charge in [0.15, 0.2) is 5.82 Å². The molecule has 40 heavy (non-hydrogen) atoms. The Hall–Kier alpha value is -4.37. The average Bonchev–Trinajstić information content (AvgIpc) is 2.93. The number of aryl methyl sites for hydroxylation is 1. The standard InChI is InChI=1S/C28H30FN9O2/c1-3-38-26-23-21(31-15-32-26)12-18(24(29)25(23)35-28(38)40)14-36-6-8-37(9-7-36)22-5-4-20(33-16(22)2)27(39)34-19-10-17(11-19)13-30/h4-5,12,15,17,19H,3,6-11,14H2,1-2H3,(H,34,39)(H,35,40)/t17-,19-. The molecule has 12 heteroatoms. The van der Waals surface area contributed by atoms with Crippen LogP contribution in [0.2, 0.25) is 0 Å². The van der Waals surface area contributed by atoms with Crippen molar-refractivity contribution >= 4 is 40.0 Å². The number of nitrogens with zero attached hydrogens (tertiary/aromatic N) is 7. The molecule has 1 saturated carbocycles. The van der Waals surface area contributed by atoms with Gasteiger partial charge in [-0.2, -0.15) is 5.26 Å². The molecule has 2 N–H and O–H groups in total. The fraction of sp³-hybridized carbons (Fsp3) is 0.429. The highest BCUT2D eigenvalue weighted by Gasteiger charge is 2.32. The van der Waals surface area contributed by atoms with E-state index in [0.29, 0.717) is 67.0 Å². The van der Waals surface area contributed by atoms with Gasteiger partial charge in [0, 0.05) is 50.9 Å². The molecule has 11 nitrogen and oxygen atoms in total. The Morgan fingerprint density at radius 2 is 2.00 bits per heavy atom. The van der Waals surface area contributed by atoms with Crippen molar-refractivity contribution in [2.45, 2.75) is 39.3 Å². The maximum absolute atomic E-state index is 15.6. The smallest absolute Gasteiger partial charge is 0.327 e. The summed E-state index contributed by atoms with van der Waals surface area (Å²) in [6, 6.07) is 7.28. The minimum atomic E-state index is -0.450. The number of halogens is 1. The van der Waals surface area contributed by atoms with Crippen molar-refractivity contribution in [3.8, 4) is 6.07 Å². The monoisotopic (exact) mass is 543 g/mol.